The number of aromatic nitrogens is 1. The normalized spacial score (nSPS) is 10.5. The van der Waals surface area contributed by atoms with Crippen LogP contribution in [0.2, 0.25) is 0 Å². The number of thiazole rings is 1. The fraction of sp³-hybridized carbons (Fsp3) is 0.267. The predicted octanol–water partition coefficient (Wildman–Crippen LogP) is 3.23. The largest absolute Gasteiger partial charge is 0.481 e. The van der Waals surface area contributed by atoms with Crippen molar-refractivity contribution >= 4 is 39.9 Å². The minimum atomic E-state index is -0.941. The molecule has 22 heavy (non-hydrogen) atoms. The zero-order chi connectivity index (χ0) is 16.3. The number of benzene rings is 1. The Hall–Kier alpha value is -1.92. The van der Waals surface area contributed by atoms with Crippen LogP contribution in [0.1, 0.15) is 16.0 Å². The number of nitrogens with zero attached hydrogens (tertiary/aromatic N) is 1. The smallest absolute Gasteiger partial charge is 0.308 e. The van der Waals surface area contributed by atoms with Crippen LogP contribution in [0.4, 0.5) is 5.13 Å². The Kier molecular flexibility index (Phi) is 5.15. The summed E-state index contributed by atoms with van der Waals surface area (Å²) in [4.78, 5) is 27.4. The molecular weight excluding hydrogens is 324 g/mol. The van der Waals surface area contributed by atoms with E-state index >= 15 is 0 Å². The Balaban J connectivity index is 2.44. The number of carbonyl (C=O) groups is 2. The molecule has 0 unspecified atom stereocenters. The third-order valence-electron chi connectivity index (χ3n) is 3.16. The van der Waals surface area contributed by atoms with E-state index in [1.807, 2.05) is 32.0 Å². The van der Waals surface area contributed by atoms with E-state index in [0.717, 1.165) is 28.0 Å². The van der Waals surface area contributed by atoms with Crippen LogP contribution >= 0.6 is 22.9 Å². The number of carbonyl (C=O) groups excluding carboxylic acids is 1. The Morgan fingerprint density at radius 2 is 2.05 bits per heavy atom. The van der Waals surface area contributed by atoms with Gasteiger partial charge in [0.05, 0.1) is 12.1 Å². The van der Waals surface area contributed by atoms with Gasteiger partial charge in [-0.1, -0.05) is 12.1 Å². The van der Waals surface area contributed by atoms with Gasteiger partial charge in [0.1, 0.15) is 5.88 Å². The molecule has 1 heterocycles. The average Bonchev–Trinajstić information content (AvgIpc) is 2.83. The monoisotopic (exact) mass is 338 g/mol. The van der Waals surface area contributed by atoms with Crippen LogP contribution in [0.5, 0.6) is 0 Å². The van der Waals surface area contributed by atoms with Gasteiger partial charge in [0.2, 0.25) is 5.91 Å². The first-order chi connectivity index (χ1) is 10.4. The summed E-state index contributed by atoms with van der Waals surface area (Å²) in [6.07, 6.45) is -0.142. The lowest BCUT2D eigenvalue weighted by atomic mass is 10.0. The summed E-state index contributed by atoms with van der Waals surface area (Å²) >= 11 is 6.61. The molecule has 0 saturated heterocycles. The summed E-state index contributed by atoms with van der Waals surface area (Å²) in [6.45, 7) is 3.99. The van der Waals surface area contributed by atoms with Crippen molar-refractivity contribution < 1.29 is 14.7 Å². The molecule has 0 aliphatic heterocycles. The average molecular weight is 339 g/mol. The molecule has 2 rings (SSSR count). The van der Waals surface area contributed by atoms with Crippen LogP contribution < -0.4 is 5.32 Å². The summed E-state index contributed by atoms with van der Waals surface area (Å²) in [7, 11) is 0. The van der Waals surface area contributed by atoms with Crippen molar-refractivity contribution in [1.82, 2.24) is 4.98 Å². The number of anilines is 1. The minimum absolute atomic E-state index is 0.142. The first kappa shape index (κ1) is 16.5. The molecule has 1 aromatic heterocycles. The number of aryl methyl sites for hydroxylation is 2. The molecule has 7 heteroatoms. The van der Waals surface area contributed by atoms with Gasteiger partial charge in [-0.05, 0) is 31.0 Å². The fourth-order valence-corrected chi connectivity index (χ4v) is 2.99. The Morgan fingerprint density at radius 1 is 1.32 bits per heavy atom. The van der Waals surface area contributed by atoms with Crippen molar-refractivity contribution in [3.8, 4) is 11.3 Å². The van der Waals surface area contributed by atoms with Gasteiger partial charge in [-0.2, -0.15) is 0 Å². The second-order valence-electron chi connectivity index (χ2n) is 4.84. The first-order valence-electron chi connectivity index (χ1n) is 6.55. The number of amides is 1. The van der Waals surface area contributed by atoms with Crippen LogP contribution in [0.25, 0.3) is 11.3 Å². The van der Waals surface area contributed by atoms with E-state index in [4.69, 9.17) is 16.7 Å². The Labute approximate surface area is 137 Å². The highest BCUT2D eigenvalue weighted by Gasteiger charge is 2.17. The van der Waals surface area contributed by atoms with E-state index < -0.39 is 5.97 Å². The van der Waals surface area contributed by atoms with E-state index in [1.165, 1.54) is 0 Å². The number of hydrogen-bond acceptors (Lipinski definition) is 4. The van der Waals surface area contributed by atoms with Crippen molar-refractivity contribution in [2.75, 3.05) is 11.2 Å². The van der Waals surface area contributed by atoms with Gasteiger partial charge >= 0.3 is 5.97 Å². The van der Waals surface area contributed by atoms with E-state index in [9.17, 15) is 9.59 Å². The van der Waals surface area contributed by atoms with Crippen LogP contribution in [-0.2, 0) is 16.0 Å². The summed E-state index contributed by atoms with van der Waals surface area (Å²) in [6, 6.07) is 5.82. The lowest BCUT2D eigenvalue weighted by Gasteiger charge is -2.04. The molecule has 0 radical (unpaired) electrons. The molecular formula is C15H15ClN2O3S. The number of alkyl halides is 1. The molecule has 116 valence electrons. The molecule has 0 aliphatic carbocycles. The van der Waals surface area contributed by atoms with E-state index in [0.29, 0.717) is 15.7 Å². The van der Waals surface area contributed by atoms with Gasteiger partial charge in [-0.25, -0.2) is 4.98 Å². The molecule has 1 amide bonds. The first-order valence-corrected chi connectivity index (χ1v) is 7.90. The topological polar surface area (TPSA) is 79.3 Å². The van der Waals surface area contributed by atoms with E-state index in [2.05, 4.69) is 10.3 Å². The summed E-state index contributed by atoms with van der Waals surface area (Å²) in [5.41, 5.74) is 3.66. The Morgan fingerprint density at radius 3 is 2.64 bits per heavy atom. The summed E-state index contributed by atoms with van der Waals surface area (Å²) < 4.78 is 0. The standard InChI is InChI=1S/C15H15ClN2O3S/c1-8-3-4-10(5-9(8)2)14-11(6-13(20)21)22-15(18-14)17-12(19)7-16/h3-5H,6-7H2,1-2H3,(H,20,21)(H,17,18,19). The maximum atomic E-state index is 11.4. The van der Waals surface area contributed by atoms with Crippen molar-refractivity contribution in [3.05, 3.63) is 34.2 Å². The minimum Gasteiger partial charge on any atom is -0.481 e. The van der Waals surface area contributed by atoms with Crippen molar-refractivity contribution in [1.29, 1.82) is 0 Å². The molecule has 0 atom stereocenters. The lowest BCUT2D eigenvalue weighted by Crippen LogP contribution is -2.12. The number of halogens is 1. The zero-order valence-corrected chi connectivity index (χ0v) is 13.7. The van der Waals surface area contributed by atoms with Gasteiger partial charge in [0.25, 0.3) is 0 Å². The van der Waals surface area contributed by atoms with E-state index in [1.54, 1.807) is 0 Å². The highest BCUT2D eigenvalue weighted by atomic mass is 35.5. The quantitative estimate of drug-likeness (QED) is 0.820. The van der Waals surface area contributed by atoms with Gasteiger partial charge in [0, 0.05) is 10.4 Å². The summed E-state index contributed by atoms with van der Waals surface area (Å²) in [5, 5.41) is 12.0. The third kappa shape index (κ3) is 3.84. The van der Waals surface area contributed by atoms with Crippen LogP contribution in [-0.4, -0.2) is 27.8 Å². The number of aliphatic carboxylic acids is 1. The number of rotatable bonds is 5. The van der Waals surface area contributed by atoms with Crippen molar-refractivity contribution in [2.45, 2.75) is 20.3 Å². The molecule has 2 aromatic rings. The molecule has 1 aromatic carbocycles. The predicted molar refractivity (Wildman–Crippen MR) is 87.7 cm³/mol. The SMILES string of the molecule is Cc1ccc(-c2nc(NC(=O)CCl)sc2CC(=O)O)cc1C. The van der Waals surface area contributed by atoms with Crippen molar-refractivity contribution in [3.63, 3.8) is 0 Å². The number of hydrogen-bond donors (Lipinski definition) is 2. The molecule has 2 N–H and O–H groups in total. The number of nitrogens with one attached hydrogen (secondary N) is 1. The third-order valence-corrected chi connectivity index (χ3v) is 4.37. The number of carboxylic acid groups (broad SMARTS) is 1. The van der Waals surface area contributed by atoms with Crippen LogP contribution in [0, 0.1) is 13.8 Å². The molecule has 0 fully saturated rings. The van der Waals surface area contributed by atoms with Gasteiger partial charge < -0.3 is 10.4 Å². The molecule has 0 aliphatic rings. The van der Waals surface area contributed by atoms with Gasteiger partial charge in [-0.15, -0.1) is 22.9 Å². The van der Waals surface area contributed by atoms with Crippen LogP contribution in [0.15, 0.2) is 18.2 Å². The maximum Gasteiger partial charge on any atom is 0.308 e. The van der Waals surface area contributed by atoms with E-state index in [-0.39, 0.29) is 18.2 Å². The number of carboxylic acids is 1. The molecule has 0 bridgehead atoms. The highest BCUT2D eigenvalue weighted by molar-refractivity contribution is 7.16. The van der Waals surface area contributed by atoms with Gasteiger partial charge in [0.15, 0.2) is 5.13 Å². The second kappa shape index (κ2) is 6.89. The fourth-order valence-electron chi connectivity index (χ4n) is 1.93. The lowest BCUT2D eigenvalue weighted by molar-refractivity contribution is -0.136. The highest BCUT2D eigenvalue weighted by Crippen LogP contribution is 2.32. The molecule has 5 nitrogen and oxygen atoms in total. The molecule has 0 spiro atoms. The summed E-state index contributed by atoms with van der Waals surface area (Å²) in [5.74, 6) is -1.49. The zero-order valence-electron chi connectivity index (χ0n) is 12.1. The Bertz CT molecular complexity index is 728. The second-order valence-corrected chi connectivity index (χ2v) is 6.19. The van der Waals surface area contributed by atoms with Crippen LogP contribution in [0.3, 0.4) is 0 Å². The van der Waals surface area contributed by atoms with Crippen molar-refractivity contribution in [2.24, 2.45) is 0 Å². The maximum absolute atomic E-state index is 11.4. The van der Waals surface area contributed by atoms with Gasteiger partial charge in [-0.3, -0.25) is 9.59 Å². The molecule has 0 saturated carbocycles.